The zero-order valence-corrected chi connectivity index (χ0v) is 15.5. The van der Waals surface area contributed by atoms with Crippen LogP contribution in [0.2, 0.25) is 0 Å². The number of hydrogen-bond donors (Lipinski definition) is 3. The molecule has 1 aliphatic rings. The van der Waals surface area contributed by atoms with Crippen molar-refractivity contribution in [1.82, 2.24) is 4.98 Å². The summed E-state index contributed by atoms with van der Waals surface area (Å²) in [5.41, 5.74) is 0.819. The van der Waals surface area contributed by atoms with Crippen LogP contribution in [0.3, 0.4) is 0 Å². The summed E-state index contributed by atoms with van der Waals surface area (Å²) in [5.74, 6) is 1.12. The van der Waals surface area contributed by atoms with Crippen molar-refractivity contribution in [2.75, 3.05) is 14.2 Å². The van der Waals surface area contributed by atoms with Crippen LogP contribution in [0, 0.1) is 0 Å². The van der Waals surface area contributed by atoms with Crippen molar-refractivity contribution in [2.45, 2.75) is 37.6 Å². The topological polar surface area (TPSA) is 124 Å². The first-order valence-corrected chi connectivity index (χ1v) is 8.74. The molecule has 0 spiro atoms. The van der Waals surface area contributed by atoms with Crippen molar-refractivity contribution in [3.8, 4) is 17.2 Å². The van der Waals surface area contributed by atoms with Gasteiger partial charge in [0.1, 0.15) is 29.6 Å². The number of hydrogen-bond acceptors (Lipinski definition) is 9. The molecule has 0 bridgehead atoms. The highest BCUT2D eigenvalue weighted by Crippen LogP contribution is 2.42. The number of methoxy groups -OCH3 is 2. The standard InChI is InChI=1S/C19H21NO8/c1-8-13(21)14(22)15(23)19(27-8)28-11-5-4-9-12(17(11)25-3)20-18-10(6-7-26-18)16(9)24-2/h4-8,13-15,19,21-23H,1-3H3/t8-,13-,14-,15-,19+/m1/s1. The van der Waals surface area contributed by atoms with E-state index >= 15 is 0 Å². The van der Waals surface area contributed by atoms with Crippen LogP contribution in [0.15, 0.2) is 28.9 Å². The van der Waals surface area contributed by atoms with E-state index in [1.807, 2.05) is 0 Å². The Morgan fingerprint density at radius 1 is 0.929 bits per heavy atom. The number of furan rings is 1. The smallest absolute Gasteiger partial charge is 0.230 e. The fraction of sp³-hybridized carbons (Fsp3) is 0.421. The summed E-state index contributed by atoms with van der Waals surface area (Å²) in [6, 6.07) is 5.14. The first-order chi connectivity index (χ1) is 13.5. The molecule has 0 unspecified atom stereocenters. The fourth-order valence-electron chi connectivity index (χ4n) is 3.40. The maximum atomic E-state index is 10.2. The van der Waals surface area contributed by atoms with E-state index in [2.05, 4.69) is 4.98 Å². The first-order valence-electron chi connectivity index (χ1n) is 8.74. The predicted octanol–water partition coefficient (Wildman–Crippen LogP) is 1.20. The molecule has 3 heterocycles. The van der Waals surface area contributed by atoms with Gasteiger partial charge in [-0.05, 0) is 25.1 Å². The first kappa shape index (κ1) is 18.8. The van der Waals surface area contributed by atoms with Crippen LogP contribution in [0.4, 0.5) is 0 Å². The van der Waals surface area contributed by atoms with Crippen molar-refractivity contribution in [1.29, 1.82) is 0 Å². The van der Waals surface area contributed by atoms with E-state index in [4.69, 9.17) is 23.4 Å². The van der Waals surface area contributed by atoms with Gasteiger partial charge in [0.05, 0.1) is 32.0 Å². The number of aliphatic hydroxyl groups is 3. The SMILES string of the molecule is COc1c2ccoc2nc2c(OC)c(O[C@@H]3O[C@H](C)[C@@H](O)[C@@H](O)[C@H]3O)ccc12. The van der Waals surface area contributed by atoms with Gasteiger partial charge >= 0.3 is 0 Å². The molecule has 9 heteroatoms. The number of aliphatic hydroxyl groups excluding tert-OH is 3. The molecule has 0 radical (unpaired) electrons. The molecule has 3 aromatic rings. The zero-order valence-electron chi connectivity index (χ0n) is 15.5. The summed E-state index contributed by atoms with van der Waals surface area (Å²) in [4.78, 5) is 4.49. The summed E-state index contributed by atoms with van der Waals surface area (Å²) in [5, 5.41) is 31.4. The van der Waals surface area contributed by atoms with Crippen molar-refractivity contribution >= 4 is 22.0 Å². The molecule has 3 N–H and O–H groups in total. The average molecular weight is 391 g/mol. The number of benzene rings is 1. The van der Waals surface area contributed by atoms with Crippen molar-refractivity contribution < 1.29 is 38.7 Å². The lowest BCUT2D eigenvalue weighted by molar-refractivity contribution is -0.268. The third-order valence-electron chi connectivity index (χ3n) is 4.90. The van der Waals surface area contributed by atoms with Crippen LogP contribution < -0.4 is 14.2 Å². The summed E-state index contributed by atoms with van der Waals surface area (Å²) < 4.78 is 27.7. The predicted molar refractivity (Wildman–Crippen MR) is 97.6 cm³/mol. The Bertz CT molecular complexity index is 1000. The Balaban J connectivity index is 1.79. The highest BCUT2D eigenvalue weighted by atomic mass is 16.7. The Morgan fingerprint density at radius 2 is 1.68 bits per heavy atom. The van der Waals surface area contributed by atoms with E-state index in [1.54, 1.807) is 32.2 Å². The molecule has 0 amide bonds. The van der Waals surface area contributed by atoms with Gasteiger partial charge in [0.15, 0.2) is 11.5 Å². The van der Waals surface area contributed by atoms with Crippen LogP contribution in [-0.4, -0.2) is 65.2 Å². The van der Waals surface area contributed by atoms with E-state index in [1.165, 1.54) is 13.4 Å². The van der Waals surface area contributed by atoms with Gasteiger partial charge in [-0.25, -0.2) is 4.98 Å². The fourth-order valence-corrected chi connectivity index (χ4v) is 3.40. The lowest BCUT2D eigenvalue weighted by Gasteiger charge is -2.39. The molecule has 1 saturated heterocycles. The third kappa shape index (κ3) is 2.83. The number of pyridine rings is 1. The minimum atomic E-state index is -1.44. The molecule has 1 fully saturated rings. The Morgan fingerprint density at radius 3 is 2.39 bits per heavy atom. The maximum Gasteiger partial charge on any atom is 0.230 e. The Kier molecular flexibility index (Phi) is 4.76. The Hall–Kier alpha value is -2.59. The van der Waals surface area contributed by atoms with Gasteiger partial charge in [0.2, 0.25) is 12.0 Å². The summed E-state index contributed by atoms with van der Waals surface area (Å²) in [7, 11) is 3.01. The van der Waals surface area contributed by atoms with Crippen molar-refractivity contribution in [3.05, 3.63) is 24.5 Å². The van der Waals surface area contributed by atoms with E-state index in [0.717, 1.165) is 5.39 Å². The molecule has 4 rings (SSSR count). The largest absolute Gasteiger partial charge is 0.495 e. The van der Waals surface area contributed by atoms with Gasteiger partial charge in [-0.2, -0.15) is 0 Å². The molecular weight excluding hydrogens is 370 g/mol. The number of fused-ring (bicyclic) bond motifs is 2. The Labute approximate surface area is 160 Å². The third-order valence-corrected chi connectivity index (χ3v) is 4.90. The molecule has 9 nitrogen and oxygen atoms in total. The van der Waals surface area contributed by atoms with E-state index in [-0.39, 0.29) is 11.5 Å². The lowest BCUT2D eigenvalue weighted by Crippen LogP contribution is -2.58. The summed E-state index contributed by atoms with van der Waals surface area (Å²) >= 11 is 0. The number of nitrogens with zero attached hydrogens (tertiary/aromatic N) is 1. The molecule has 0 aliphatic carbocycles. The van der Waals surface area contributed by atoms with Gasteiger partial charge in [0, 0.05) is 5.39 Å². The van der Waals surface area contributed by atoms with Gasteiger partial charge in [0.25, 0.3) is 0 Å². The van der Waals surface area contributed by atoms with Crippen molar-refractivity contribution in [2.24, 2.45) is 0 Å². The molecule has 28 heavy (non-hydrogen) atoms. The van der Waals surface area contributed by atoms with Gasteiger partial charge in [-0.1, -0.05) is 0 Å². The molecule has 0 saturated carbocycles. The van der Waals surface area contributed by atoms with E-state index < -0.39 is 30.7 Å². The molecular formula is C19H21NO8. The quantitative estimate of drug-likeness (QED) is 0.602. The van der Waals surface area contributed by atoms with Crippen LogP contribution in [0.5, 0.6) is 17.2 Å². The van der Waals surface area contributed by atoms with Crippen LogP contribution in [0.1, 0.15) is 6.92 Å². The normalized spacial score (nSPS) is 27.9. The lowest BCUT2D eigenvalue weighted by atomic mass is 10.00. The average Bonchev–Trinajstić information content (AvgIpc) is 3.16. The van der Waals surface area contributed by atoms with E-state index in [9.17, 15) is 15.3 Å². The van der Waals surface area contributed by atoms with Crippen LogP contribution >= 0.6 is 0 Å². The molecule has 2 aromatic heterocycles. The second kappa shape index (κ2) is 7.10. The zero-order chi connectivity index (χ0) is 20.0. The molecule has 5 atom stereocenters. The van der Waals surface area contributed by atoms with Gasteiger partial charge in [-0.15, -0.1) is 0 Å². The van der Waals surface area contributed by atoms with Crippen LogP contribution in [0.25, 0.3) is 22.0 Å². The van der Waals surface area contributed by atoms with Gasteiger partial charge in [-0.3, -0.25) is 0 Å². The molecule has 1 aliphatic heterocycles. The number of aromatic nitrogens is 1. The summed E-state index contributed by atoms with van der Waals surface area (Å²) in [6.07, 6.45) is -4.47. The maximum absolute atomic E-state index is 10.2. The monoisotopic (exact) mass is 391 g/mol. The van der Waals surface area contributed by atoms with Crippen molar-refractivity contribution in [3.63, 3.8) is 0 Å². The highest BCUT2D eigenvalue weighted by molar-refractivity contribution is 6.02. The number of rotatable bonds is 4. The minimum absolute atomic E-state index is 0.246. The minimum Gasteiger partial charge on any atom is -0.495 e. The van der Waals surface area contributed by atoms with E-state index in [0.29, 0.717) is 22.4 Å². The number of ether oxygens (including phenoxy) is 4. The second-order valence-corrected chi connectivity index (χ2v) is 6.58. The molecule has 150 valence electrons. The van der Waals surface area contributed by atoms with Crippen LogP contribution in [-0.2, 0) is 4.74 Å². The van der Waals surface area contributed by atoms with Gasteiger partial charge < -0.3 is 38.7 Å². The highest BCUT2D eigenvalue weighted by Gasteiger charge is 2.43. The molecule has 1 aromatic carbocycles. The second-order valence-electron chi connectivity index (χ2n) is 6.58. The summed E-state index contributed by atoms with van der Waals surface area (Å²) in [6.45, 7) is 1.58.